The van der Waals surface area contributed by atoms with E-state index in [-0.39, 0.29) is 55.3 Å². The molecular weight excluding hydrogens is 541 g/mol. The van der Waals surface area contributed by atoms with Crippen molar-refractivity contribution in [3.8, 4) is 11.6 Å². The van der Waals surface area contributed by atoms with E-state index < -0.39 is 29.6 Å². The summed E-state index contributed by atoms with van der Waals surface area (Å²) in [6.07, 6.45) is 2.53. The maximum Gasteiger partial charge on any atom is 0.421 e. The van der Waals surface area contributed by atoms with Gasteiger partial charge in [0.15, 0.2) is 0 Å². The lowest BCUT2D eigenvalue weighted by atomic mass is 9.82. The molecule has 1 saturated carbocycles. The van der Waals surface area contributed by atoms with Crippen molar-refractivity contribution in [3.63, 3.8) is 0 Å². The maximum atomic E-state index is 14.0. The molecule has 41 heavy (non-hydrogen) atoms. The minimum Gasteiger partial charge on any atom is -0.478 e. The van der Waals surface area contributed by atoms with Crippen molar-refractivity contribution in [1.29, 1.82) is 0 Å². The molecule has 11 heteroatoms. The number of carbonyl (C=O) groups excluding carboxylic acids is 1. The fourth-order valence-electron chi connectivity index (χ4n) is 4.73. The van der Waals surface area contributed by atoms with Crippen LogP contribution in [-0.2, 0) is 20.4 Å². The molecule has 0 bridgehead atoms. The largest absolute Gasteiger partial charge is 0.478 e. The first-order chi connectivity index (χ1) is 19.6. The minimum atomic E-state index is -4.73. The molecule has 0 unspecified atom stereocenters. The van der Waals surface area contributed by atoms with Crippen LogP contribution < -0.4 is 9.64 Å². The van der Waals surface area contributed by atoms with E-state index in [1.807, 2.05) is 0 Å². The first-order valence-electron chi connectivity index (χ1n) is 13.3. The quantitative estimate of drug-likeness (QED) is 0.202. The molecule has 222 valence electrons. The fraction of sp³-hybridized carbons (Fsp3) is 0.433. The van der Waals surface area contributed by atoms with E-state index >= 15 is 0 Å². The van der Waals surface area contributed by atoms with Gasteiger partial charge >= 0.3 is 12.1 Å². The second-order valence-electron chi connectivity index (χ2n) is 9.91. The summed E-state index contributed by atoms with van der Waals surface area (Å²) in [4.78, 5) is 31.6. The second-order valence-corrected chi connectivity index (χ2v) is 9.91. The maximum absolute atomic E-state index is 14.0. The molecule has 0 radical (unpaired) electrons. The molecule has 1 aliphatic rings. The van der Waals surface area contributed by atoms with Crippen molar-refractivity contribution in [2.45, 2.75) is 44.8 Å². The second kappa shape index (κ2) is 14.8. The smallest absolute Gasteiger partial charge is 0.421 e. The molecule has 2 aromatic rings. The zero-order valence-electron chi connectivity index (χ0n) is 22.9. The number of aromatic carboxylic acids is 1. The van der Waals surface area contributed by atoms with Crippen molar-refractivity contribution in [2.24, 2.45) is 11.8 Å². The molecule has 0 saturated heterocycles. The summed E-state index contributed by atoms with van der Waals surface area (Å²) in [5.74, 6) is -2.43. The normalized spacial score (nSPS) is 17.2. The number of pyridine rings is 1. The van der Waals surface area contributed by atoms with Crippen LogP contribution in [0.5, 0.6) is 11.6 Å². The summed E-state index contributed by atoms with van der Waals surface area (Å²) in [7, 11) is 0. The molecule has 3 rings (SSSR count). The number of rotatable bonds is 14. The number of alkyl halides is 3. The lowest BCUT2D eigenvalue weighted by Crippen LogP contribution is -2.49. The van der Waals surface area contributed by atoms with E-state index in [1.165, 1.54) is 17.0 Å². The van der Waals surface area contributed by atoms with Gasteiger partial charge in [-0.25, -0.2) is 9.78 Å². The third-order valence-corrected chi connectivity index (χ3v) is 6.81. The Bertz CT molecular complexity index is 1200. The van der Waals surface area contributed by atoms with E-state index in [1.54, 1.807) is 12.2 Å². The van der Waals surface area contributed by atoms with Gasteiger partial charge in [-0.05, 0) is 61.9 Å². The Labute approximate surface area is 237 Å². The monoisotopic (exact) mass is 576 g/mol. The zero-order chi connectivity index (χ0) is 30.0. The molecule has 1 heterocycles. The predicted octanol–water partition coefficient (Wildman–Crippen LogP) is 6.52. The number of ether oxygens (including phenoxy) is 3. The number of carboxylic acids is 1. The molecule has 1 aliphatic carbocycles. The van der Waals surface area contributed by atoms with Crippen LogP contribution in [0.25, 0.3) is 0 Å². The Hall–Kier alpha value is -3.70. The highest BCUT2D eigenvalue weighted by molar-refractivity contribution is 6.03. The standard InChI is InChI=1S/C30H35F3N2O6/c1-4-15-39-18-22(19-40-16-5-2)35(28(36)21-10-8-20(3)9-11-21)26-13-12-23(17-24(26)29(37)38)41-27-25(30(31,32)33)7-6-14-34-27/h4-7,12-14,17,20-22H,1-2,8-11,15-16,18-19H2,3H3,(H,37,38)/t20-,21-. The Morgan fingerprint density at radius 2 is 1.73 bits per heavy atom. The van der Waals surface area contributed by atoms with Gasteiger partial charge in [0, 0.05) is 12.1 Å². The Kier molecular flexibility index (Phi) is 11.5. The third kappa shape index (κ3) is 8.64. The lowest BCUT2D eigenvalue weighted by Gasteiger charge is -2.36. The van der Waals surface area contributed by atoms with E-state index in [0.29, 0.717) is 18.8 Å². The van der Waals surface area contributed by atoms with Crippen LogP contribution in [0.15, 0.2) is 61.8 Å². The van der Waals surface area contributed by atoms with Gasteiger partial charge in [-0.15, -0.1) is 13.2 Å². The van der Waals surface area contributed by atoms with E-state index in [4.69, 9.17) is 14.2 Å². The molecule has 8 nitrogen and oxygen atoms in total. The number of amides is 1. The number of aromatic nitrogens is 1. The van der Waals surface area contributed by atoms with E-state index in [2.05, 4.69) is 25.1 Å². The summed E-state index contributed by atoms with van der Waals surface area (Å²) in [5.41, 5.74) is -1.38. The van der Waals surface area contributed by atoms with Crippen LogP contribution in [0.3, 0.4) is 0 Å². The van der Waals surface area contributed by atoms with Crippen LogP contribution in [0.4, 0.5) is 18.9 Å². The van der Waals surface area contributed by atoms with Crippen molar-refractivity contribution in [2.75, 3.05) is 31.3 Å². The first kappa shape index (κ1) is 31.8. The number of hydrogen-bond acceptors (Lipinski definition) is 6. The molecule has 1 N–H and O–H groups in total. The highest BCUT2D eigenvalue weighted by atomic mass is 19.4. The van der Waals surface area contributed by atoms with Crippen molar-refractivity contribution in [3.05, 3.63) is 73.0 Å². The van der Waals surface area contributed by atoms with Crippen LogP contribution in [0.1, 0.15) is 48.5 Å². The minimum absolute atomic E-state index is 0.0260. The third-order valence-electron chi connectivity index (χ3n) is 6.81. The summed E-state index contributed by atoms with van der Waals surface area (Å²) >= 11 is 0. The number of halogens is 3. The molecule has 1 aromatic carbocycles. The van der Waals surface area contributed by atoms with Crippen LogP contribution in [0, 0.1) is 11.8 Å². The summed E-state index contributed by atoms with van der Waals surface area (Å²) < 4.78 is 57.2. The number of benzene rings is 1. The number of nitrogens with zero attached hydrogens (tertiary/aromatic N) is 2. The van der Waals surface area contributed by atoms with Crippen molar-refractivity contribution >= 4 is 17.6 Å². The molecule has 1 aromatic heterocycles. The highest BCUT2D eigenvalue weighted by Gasteiger charge is 2.37. The van der Waals surface area contributed by atoms with Gasteiger partial charge in [0.25, 0.3) is 0 Å². The lowest BCUT2D eigenvalue weighted by molar-refractivity contribution is -0.138. The van der Waals surface area contributed by atoms with Gasteiger partial charge in [-0.3, -0.25) is 4.79 Å². The van der Waals surface area contributed by atoms with Crippen LogP contribution in [0.2, 0.25) is 0 Å². The first-order valence-corrected chi connectivity index (χ1v) is 13.3. The number of anilines is 1. The highest BCUT2D eigenvalue weighted by Crippen LogP contribution is 2.38. The molecule has 1 fully saturated rings. The predicted molar refractivity (Wildman–Crippen MR) is 147 cm³/mol. The summed E-state index contributed by atoms with van der Waals surface area (Å²) in [6.45, 7) is 9.85. The average Bonchev–Trinajstić information content (AvgIpc) is 2.93. The van der Waals surface area contributed by atoms with Gasteiger partial charge in [0.2, 0.25) is 11.8 Å². The molecule has 0 atom stereocenters. The topological polar surface area (TPSA) is 98.2 Å². The molecule has 1 amide bonds. The van der Waals surface area contributed by atoms with Gasteiger partial charge in [-0.2, -0.15) is 13.2 Å². The average molecular weight is 577 g/mol. The van der Waals surface area contributed by atoms with E-state index in [0.717, 1.165) is 37.2 Å². The number of carbonyl (C=O) groups is 2. The van der Waals surface area contributed by atoms with Gasteiger partial charge in [-0.1, -0.05) is 19.1 Å². The summed E-state index contributed by atoms with van der Waals surface area (Å²) in [6, 6.07) is 4.98. The van der Waals surface area contributed by atoms with Crippen molar-refractivity contribution in [1.82, 2.24) is 4.98 Å². The Balaban J connectivity index is 2.06. The van der Waals surface area contributed by atoms with E-state index in [9.17, 15) is 27.9 Å². The van der Waals surface area contributed by atoms with Crippen LogP contribution >= 0.6 is 0 Å². The van der Waals surface area contributed by atoms with Gasteiger partial charge in [0.1, 0.15) is 11.3 Å². The van der Waals surface area contributed by atoms with Gasteiger partial charge in [0.05, 0.1) is 43.7 Å². The SMILES string of the molecule is C=CCOCC(COCC=C)N(c1ccc(Oc2ncccc2C(F)(F)F)cc1C(=O)O)C(=O)[C@H]1CC[C@H](C)CC1. The van der Waals surface area contributed by atoms with Crippen LogP contribution in [-0.4, -0.2) is 54.4 Å². The number of carboxylic acid groups (broad SMARTS) is 1. The van der Waals surface area contributed by atoms with Crippen molar-refractivity contribution < 1.29 is 42.1 Å². The number of hydrogen-bond donors (Lipinski definition) is 1. The molecule has 0 aliphatic heterocycles. The zero-order valence-corrected chi connectivity index (χ0v) is 22.9. The van der Waals surface area contributed by atoms with Gasteiger partial charge < -0.3 is 24.2 Å². The summed E-state index contributed by atoms with van der Waals surface area (Å²) in [5, 5.41) is 10.1. The Morgan fingerprint density at radius 1 is 1.10 bits per heavy atom. The Morgan fingerprint density at radius 3 is 2.29 bits per heavy atom. The molecule has 0 spiro atoms. The molecular formula is C30H35F3N2O6. The fourth-order valence-corrected chi connectivity index (χ4v) is 4.73.